The normalized spacial score (nSPS) is 10.7. The molecule has 0 rings (SSSR count). The Morgan fingerprint density at radius 3 is 2.40 bits per heavy atom. The fourth-order valence-electron chi connectivity index (χ4n) is 0.804. The molecular weight excluding hydrogens is 200 g/mol. The first-order valence-electron chi connectivity index (χ1n) is 4.67. The Morgan fingerprint density at radius 1 is 1.33 bits per heavy atom. The number of aliphatic hydroxyl groups excluding tert-OH is 1. The molecule has 0 unspecified atom stereocenters. The van der Waals surface area contributed by atoms with Gasteiger partial charge in [0, 0.05) is 5.54 Å². The molecule has 0 aromatic carbocycles. The van der Waals surface area contributed by atoms with Crippen molar-refractivity contribution in [3.63, 3.8) is 0 Å². The lowest BCUT2D eigenvalue weighted by atomic mass is 10.1. The predicted molar refractivity (Wildman–Crippen MR) is 54.3 cm³/mol. The molecular formula is C9H18N2O4. The molecule has 15 heavy (non-hydrogen) atoms. The number of aliphatic hydroxyl groups is 1. The smallest absolute Gasteiger partial charge is 0.407 e. The number of nitrogens with one attached hydrogen (secondary N) is 2. The highest BCUT2D eigenvalue weighted by molar-refractivity contribution is 5.82. The fraction of sp³-hybridized carbons (Fsp3) is 0.778. The molecule has 0 spiro atoms. The Bertz CT molecular complexity index is 223. The van der Waals surface area contributed by atoms with E-state index in [-0.39, 0.29) is 31.2 Å². The largest absolute Gasteiger partial charge is 0.447 e. The van der Waals surface area contributed by atoms with Gasteiger partial charge in [-0.2, -0.15) is 0 Å². The second-order valence-corrected chi connectivity index (χ2v) is 4.01. The van der Waals surface area contributed by atoms with Gasteiger partial charge in [0.05, 0.1) is 6.61 Å². The number of carbonyl (C=O) groups excluding carboxylic acids is 2. The molecule has 0 radical (unpaired) electrons. The maximum atomic E-state index is 11.2. The number of amides is 2. The molecule has 6 nitrogen and oxygen atoms in total. The average molecular weight is 218 g/mol. The van der Waals surface area contributed by atoms with Gasteiger partial charge in [-0.1, -0.05) is 0 Å². The highest BCUT2D eigenvalue weighted by atomic mass is 16.6. The quantitative estimate of drug-likeness (QED) is 0.600. The van der Waals surface area contributed by atoms with Crippen LogP contribution >= 0.6 is 0 Å². The molecule has 0 heterocycles. The van der Waals surface area contributed by atoms with Crippen molar-refractivity contribution in [2.45, 2.75) is 26.3 Å². The molecule has 6 heteroatoms. The zero-order valence-electron chi connectivity index (χ0n) is 9.29. The van der Waals surface area contributed by atoms with Crippen LogP contribution in [0.1, 0.15) is 20.8 Å². The van der Waals surface area contributed by atoms with Gasteiger partial charge in [-0.25, -0.2) is 4.79 Å². The summed E-state index contributed by atoms with van der Waals surface area (Å²) in [6, 6.07) is 0. The number of hydrogen-bond acceptors (Lipinski definition) is 4. The van der Waals surface area contributed by atoms with Crippen LogP contribution in [0.4, 0.5) is 4.79 Å². The Balaban J connectivity index is 3.67. The minimum atomic E-state index is -0.715. The molecule has 0 fully saturated rings. The summed E-state index contributed by atoms with van der Waals surface area (Å²) in [5.74, 6) is -0.288. The highest BCUT2D eigenvalue weighted by Crippen LogP contribution is 1.97. The Labute approximate surface area is 89.0 Å². The van der Waals surface area contributed by atoms with Gasteiger partial charge in [-0.15, -0.1) is 0 Å². The lowest BCUT2D eigenvalue weighted by Crippen LogP contribution is -2.46. The van der Waals surface area contributed by atoms with Gasteiger partial charge in [0.25, 0.3) is 0 Å². The second-order valence-electron chi connectivity index (χ2n) is 4.01. The number of hydrogen-bond donors (Lipinski definition) is 3. The van der Waals surface area contributed by atoms with E-state index in [1.165, 1.54) is 0 Å². The summed E-state index contributed by atoms with van der Waals surface area (Å²) in [7, 11) is 0. The summed E-state index contributed by atoms with van der Waals surface area (Å²) in [4.78, 5) is 22.1. The lowest BCUT2D eigenvalue weighted by molar-refractivity contribution is -0.121. The van der Waals surface area contributed by atoms with Crippen molar-refractivity contribution >= 4 is 12.0 Å². The molecule has 0 aliphatic carbocycles. The van der Waals surface area contributed by atoms with Gasteiger partial charge in [-0.05, 0) is 20.8 Å². The van der Waals surface area contributed by atoms with E-state index >= 15 is 0 Å². The van der Waals surface area contributed by atoms with E-state index in [4.69, 9.17) is 5.11 Å². The van der Waals surface area contributed by atoms with Crippen LogP contribution in [0.3, 0.4) is 0 Å². The van der Waals surface area contributed by atoms with Crippen molar-refractivity contribution < 1.29 is 19.4 Å². The van der Waals surface area contributed by atoms with Gasteiger partial charge >= 0.3 is 6.09 Å². The third-order valence-corrected chi connectivity index (χ3v) is 1.23. The maximum Gasteiger partial charge on any atom is 0.407 e. The molecule has 0 bridgehead atoms. The van der Waals surface area contributed by atoms with Crippen LogP contribution in [-0.4, -0.2) is 42.4 Å². The van der Waals surface area contributed by atoms with E-state index in [0.717, 1.165) is 0 Å². The summed E-state index contributed by atoms with van der Waals surface area (Å²) in [5.41, 5.74) is -0.326. The van der Waals surface area contributed by atoms with Gasteiger partial charge in [0.2, 0.25) is 5.91 Å². The van der Waals surface area contributed by atoms with Crippen molar-refractivity contribution in [2.75, 3.05) is 19.8 Å². The van der Waals surface area contributed by atoms with Gasteiger partial charge < -0.3 is 20.5 Å². The van der Waals surface area contributed by atoms with Crippen LogP contribution in [0, 0.1) is 0 Å². The zero-order valence-corrected chi connectivity index (χ0v) is 9.29. The zero-order chi connectivity index (χ0) is 11.9. The van der Waals surface area contributed by atoms with E-state index < -0.39 is 6.09 Å². The lowest BCUT2D eigenvalue weighted by Gasteiger charge is -2.20. The van der Waals surface area contributed by atoms with Gasteiger partial charge in [0.15, 0.2) is 0 Å². The van der Waals surface area contributed by atoms with Crippen LogP contribution < -0.4 is 10.6 Å². The Kier molecular flexibility index (Phi) is 5.69. The predicted octanol–water partition coefficient (Wildman–Crippen LogP) is -0.380. The molecule has 3 N–H and O–H groups in total. The van der Waals surface area contributed by atoms with E-state index in [0.29, 0.717) is 0 Å². The van der Waals surface area contributed by atoms with Crippen LogP contribution in [0.25, 0.3) is 0 Å². The van der Waals surface area contributed by atoms with Crippen LogP contribution in [-0.2, 0) is 9.53 Å². The first-order valence-corrected chi connectivity index (χ1v) is 4.67. The van der Waals surface area contributed by atoms with Crippen molar-refractivity contribution in [1.82, 2.24) is 10.6 Å². The SMILES string of the molecule is CC(C)(C)NC(=O)CNC(=O)OCCO. The molecule has 0 aromatic rings. The number of rotatable bonds is 4. The number of ether oxygens (including phenoxy) is 1. The first-order chi connectivity index (χ1) is 6.85. The summed E-state index contributed by atoms with van der Waals surface area (Å²) in [5, 5.41) is 13.3. The van der Waals surface area contributed by atoms with Crippen LogP contribution in [0.15, 0.2) is 0 Å². The highest BCUT2D eigenvalue weighted by Gasteiger charge is 2.14. The third kappa shape index (κ3) is 9.01. The number of alkyl carbamates (subject to hydrolysis) is 1. The monoisotopic (exact) mass is 218 g/mol. The summed E-state index contributed by atoms with van der Waals surface area (Å²) in [6.45, 7) is 5.08. The minimum absolute atomic E-state index is 0.0767. The summed E-state index contributed by atoms with van der Waals surface area (Å²) in [6.07, 6.45) is -0.715. The third-order valence-electron chi connectivity index (χ3n) is 1.23. The van der Waals surface area contributed by atoms with Crippen molar-refractivity contribution in [3.8, 4) is 0 Å². The van der Waals surface area contributed by atoms with Crippen LogP contribution in [0.2, 0.25) is 0 Å². The van der Waals surface area contributed by atoms with E-state index in [1.54, 1.807) is 0 Å². The molecule has 88 valence electrons. The van der Waals surface area contributed by atoms with Gasteiger partial charge in [0.1, 0.15) is 13.2 Å². The van der Waals surface area contributed by atoms with E-state index in [9.17, 15) is 9.59 Å². The standard InChI is InChI=1S/C9H18N2O4/c1-9(2,3)11-7(13)6-10-8(14)15-5-4-12/h12H,4-6H2,1-3H3,(H,10,14)(H,11,13). The van der Waals surface area contributed by atoms with Gasteiger partial charge in [-0.3, -0.25) is 4.79 Å². The van der Waals surface area contributed by atoms with Crippen molar-refractivity contribution in [1.29, 1.82) is 0 Å². The maximum absolute atomic E-state index is 11.2. The Morgan fingerprint density at radius 2 is 1.93 bits per heavy atom. The molecule has 0 aliphatic rings. The van der Waals surface area contributed by atoms with E-state index in [2.05, 4.69) is 15.4 Å². The minimum Gasteiger partial charge on any atom is -0.447 e. The fourth-order valence-corrected chi connectivity index (χ4v) is 0.804. The molecule has 0 saturated carbocycles. The molecule has 0 saturated heterocycles. The van der Waals surface area contributed by atoms with E-state index in [1.807, 2.05) is 20.8 Å². The Hall–Kier alpha value is -1.30. The first kappa shape index (κ1) is 13.7. The summed E-state index contributed by atoms with van der Waals surface area (Å²) >= 11 is 0. The van der Waals surface area contributed by atoms with Crippen LogP contribution in [0.5, 0.6) is 0 Å². The molecule has 0 aromatic heterocycles. The second kappa shape index (κ2) is 6.23. The average Bonchev–Trinajstić information content (AvgIpc) is 2.08. The van der Waals surface area contributed by atoms with Crippen molar-refractivity contribution in [3.05, 3.63) is 0 Å². The molecule has 0 aliphatic heterocycles. The summed E-state index contributed by atoms with van der Waals surface area (Å²) < 4.78 is 4.49. The molecule has 2 amide bonds. The molecule has 0 atom stereocenters. The van der Waals surface area contributed by atoms with Crippen molar-refractivity contribution in [2.24, 2.45) is 0 Å². The number of carbonyl (C=O) groups is 2. The topological polar surface area (TPSA) is 87.7 Å².